The van der Waals surface area contributed by atoms with Crippen LogP contribution >= 0.6 is 12.4 Å². The Labute approximate surface area is 107 Å². The van der Waals surface area contributed by atoms with Crippen molar-refractivity contribution in [2.75, 3.05) is 0 Å². The van der Waals surface area contributed by atoms with Gasteiger partial charge in [0.05, 0.1) is 18.5 Å². The van der Waals surface area contributed by atoms with Crippen molar-refractivity contribution in [2.45, 2.75) is 33.5 Å². The first-order chi connectivity index (χ1) is 7.79. The fourth-order valence-electron chi connectivity index (χ4n) is 1.63. The summed E-state index contributed by atoms with van der Waals surface area (Å²) in [5.41, 5.74) is 2.34. The van der Waals surface area contributed by atoms with Crippen LogP contribution in [0.2, 0.25) is 0 Å². The fourth-order valence-corrected chi connectivity index (χ4v) is 1.63. The third kappa shape index (κ3) is 3.61. The Bertz CT molecular complexity index is 437. The summed E-state index contributed by atoms with van der Waals surface area (Å²) in [5.74, 6) is 0.959. The van der Waals surface area contributed by atoms with Crippen molar-refractivity contribution in [3.8, 4) is 0 Å². The van der Waals surface area contributed by atoms with Gasteiger partial charge in [0.2, 0.25) is 0 Å². The summed E-state index contributed by atoms with van der Waals surface area (Å²) in [7, 11) is 0. The summed E-state index contributed by atoms with van der Waals surface area (Å²) in [4.78, 5) is 0. The first-order valence-corrected chi connectivity index (χ1v) is 5.55. The van der Waals surface area contributed by atoms with E-state index in [2.05, 4.69) is 23.5 Å². The van der Waals surface area contributed by atoms with E-state index in [-0.39, 0.29) is 12.4 Å². The molecule has 0 saturated carbocycles. The molecule has 0 bridgehead atoms. The van der Waals surface area contributed by atoms with Crippen LogP contribution in [0.5, 0.6) is 0 Å². The smallest absolute Gasteiger partial charge is 0.117 e. The average molecular weight is 256 g/mol. The summed E-state index contributed by atoms with van der Waals surface area (Å²) < 4.78 is 7.20. The molecule has 0 spiro atoms. The number of nitrogens with one attached hydrogen (secondary N) is 1. The highest BCUT2D eigenvalue weighted by Gasteiger charge is 2.03. The molecule has 5 heteroatoms. The number of hydrogen-bond acceptors (Lipinski definition) is 3. The van der Waals surface area contributed by atoms with Gasteiger partial charge in [0.1, 0.15) is 5.76 Å². The topological polar surface area (TPSA) is 43.0 Å². The van der Waals surface area contributed by atoms with E-state index in [1.807, 2.05) is 23.7 Å². The third-order valence-corrected chi connectivity index (χ3v) is 2.57. The first-order valence-electron chi connectivity index (χ1n) is 5.55. The molecule has 0 aliphatic rings. The van der Waals surface area contributed by atoms with Gasteiger partial charge in [0.25, 0.3) is 0 Å². The zero-order valence-electron chi connectivity index (χ0n) is 10.1. The van der Waals surface area contributed by atoms with Crippen LogP contribution < -0.4 is 5.32 Å². The minimum atomic E-state index is 0. The summed E-state index contributed by atoms with van der Waals surface area (Å²) in [6.07, 6.45) is 3.78. The second-order valence-electron chi connectivity index (χ2n) is 3.78. The van der Waals surface area contributed by atoms with E-state index in [0.29, 0.717) is 0 Å². The van der Waals surface area contributed by atoms with Crippen LogP contribution in [0.25, 0.3) is 0 Å². The molecule has 0 fully saturated rings. The lowest BCUT2D eigenvalue weighted by Gasteiger charge is -2.00. The van der Waals surface area contributed by atoms with Crippen LogP contribution in [-0.4, -0.2) is 9.78 Å². The van der Waals surface area contributed by atoms with E-state index in [1.165, 1.54) is 5.56 Å². The largest absolute Gasteiger partial charge is 0.468 e. The van der Waals surface area contributed by atoms with E-state index in [4.69, 9.17) is 4.42 Å². The Morgan fingerprint density at radius 3 is 2.82 bits per heavy atom. The van der Waals surface area contributed by atoms with Crippen LogP contribution in [0.1, 0.15) is 23.9 Å². The van der Waals surface area contributed by atoms with Crippen molar-refractivity contribution in [3.05, 3.63) is 41.6 Å². The van der Waals surface area contributed by atoms with Gasteiger partial charge in [-0.15, -0.1) is 12.4 Å². The Morgan fingerprint density at radius 2 is 2.24 bits per heavy atom. The first kappa shape index (κ1) is 13.8. The SMILES string of the molecule is CCn1cc(CNCc2ccco2)c(C)n1.Cl. The Hall–Kier alpha value is -1.26. The summed E-state index contributed by atoms with van der Waals surface area (Å²) in [6.45, 7) is 6.62. The Morgan fingerprint density at radius 1 is 1.41 bits per heavy atom. The molecule has 0 radical (unpaired) electrons. The molecule has 0 unspecified atom stereocenters. The van der Waals surface area contributed by atoms with E-state index in [0.717, 1.165) is 31.1 Å². The predicted molar refractivity (Wildman–Crippen MR) is 69.1 cm³/mol. The van der Waals surface area contributed by atoms with Gasteiger partial charge in [-0.2, -0.15) is 5.10 Å². The van der Waals surface area contributed by atoms with Crippen molar-refractivity contribution < 1.29 is 4.42 Å². The highest BCUT2D eigenvalue weighted by molar-refractivity contribution is 5.85. The molecule has 94 valence electrons. The number of furan rings is 1. The molecule has 0 atom stereocenters. The molecule has 0 aliphatic heterocycles. The minimum absolute atomic E-state index is 0. The van der Waals surface area contributed by atoms with Gasteiger partial charge in [0.15, 0.2) is 0 Å². The summed E-state index contributed by atoms with van der Waals surface area (Å²) in [6, 6.07) is 3.87. The van der Waals surface area contributed by atoms with Crippen LogP contribution in [0.3, 0.4) is 0 Å². The zero-order valence-corrected chi connectivity index (χ0v) is 11.0. The lowest BCUT2D eigenvalue weighted by molar-refractivity contribution is 0.482. The van der Waals surface area contributed by atoms with Gasteiger partial charge >= 0.3 is 0 Å². The maximum absolute atomic E-state index is 5.24. The molecular weight excluding hydrogens is 238 g/mol. The summed E-state index contributed by atoms with van der Waals surface area (Å²) >= 11 is 0. The van der Waals surface area contributed by atoms with Crippen molar-refractivity contribution in [1.29, 1.82) is 0 Å². The van der Waals surface area contributed by atoms with Crippen LogP contribution in [0.4, 0.5) is 0 Å². The van der Waals surface area contributed by atoms with Crippen molar-refractivity contribution in [2.24, 2.45) is 0 Å². The van der Waals surface area contributed by atoms with Gasteiger partial charge in [-0.1, -0.05) is 0 Å². The van der Waals surface area contributed by atoms with Crippen molar-refractivity contribution >= 4 is 12.4 Å². The standard InChI is InChI=1S/C12H17N3O.ClH/c1-3-15-9-11(10(2)14-15)7-13-8-12-5-4-6-16-12;/h4-6,9,13H,3,7-8H2,1-2H3;1H. The predicted octanol–water partition coefficient (Wildman–Crippen LogP) is 2.52. The molecule has 17 heavy (non-hydrogen) atoms. The summed E-state index contributed by atoms with van der Waals surface area (Å²) in [5, 5.41) is 7.73. The maximum Gasteiger partial charge on any atom is 0.117 e. The molecule has 2 heterocycles. The van der Waals surface area contributed by atoms with E-state index < -0.39 is 0 Å². The maximum atomic E-state index is 5.24. The van der Waals surface area contributed by atoms with Gasteiger partial charge in [-0.25, -0.2) is 0 Å². The van der Waals surface area contributed by atoms with Crippen molar-refractivity contribution in [1.82, 2.24) is 15.1 Å². The van der Waals surface area contributed by atoms with Gasteiger partial charge in [-0.3, -0.25) is 4.68 Å². The zero-order chi connectivity index (χ0) is 11.4. The van der Waals surface area contributed by atoms with E-state index in [1.54, 1.807) is 6.26 Å². The van der Waals surface area contributed by atoms with Gasteiger partial charge < -0.3 is 9.73 Å². The molecule has 1 N–H and O–H groups in total. The van der Waals surface area contributed by atoms with Crippen LogP contribution in [-0.2, 0) is 19.6 Å². The molecule has 0 amide bonds. The molecule has 4 nitrogen and oxygen atoms in total. The number of halogens is 1. The second kappa shape index (κ2) is 6.47. The Kier molecular flexibility index (Phi) is 5.25. The minimum Gasteiger partial charge on any atom is -0.468 e. The van der Waals surface area contributed by atoms with Gasteiger partial charge in [0, 0.05) is 24.8 Å². The van der Waals surface area contributed by atoms with Crippen LogP contribution in [0, 0.1) is 6.92 Å². The molecular formula is C12H18ClN3O. The normalized spacial score (nSPS) is 10.2. The fraction of sp³-hybridized carbons (Fsp3) is 0.417. The number of hydrogen-bond donors (Lipinski definition) is 1. The van der Waals surface area contributed by atoms with Crippen molar-refractivity contribution in [3.63, 3.8) is 0 Å². The lowest BCUT2D eigenvalue weighted by Crippen LogP contribution is -2.12. The highest BCUT2D eigenvalue weighted by Crippen LogP contribution is 2.06. The molecule has 2 aromatic heterocycles. The van der Waals surface area contributed by atoms with Crippen LogP contribution in [0.15, 0.2) is 29.0 Å². The lowest BCUT2D eigenvalue weighted by atomic mass is 10.2. The highest BCUT2D eigenvalue weighted by atomic mass is 35.5. The number of nitrogens with zero attached hydrogens (tertiary/aromatic N) is 2. The monoisotopic (exact) mass is 255 g/mol. The van der Waals surface area contributed by atoms with E-state index >= 15 is 0 Å². The third-order valence-electron chi connectivity index (χ3n) is 2.57. The average Bonchev–Trinajstić information content (AvgIpc) is 2.89. The second-order valence-corrected chi connectivity index (χ2v) is 3.78. The Balaban J connectivity index is 0.00000144. The molecule has 0 aromatic carbocycles. The van der Waals surface area contributed by atoms with Gasteiger partial charge in [-0.05, 0) is 26.0 Å². The van der Waals surface area contributed by atoms with E-state index in [9.17, 15) is 0 Å². The quantitative estimate of drug-likeness (QED) is 0.893. The molecule has 2 rings (SSSR count). The molecule has 0 aliphatic carbocycles. The number of aryl methyl sites for hydroxylation is 2. The molecule has 2 aromatic rings. The number of aromatic nitrogens is 2. The number of rotatable bonds is 5. The molecule has 0 saturated heterocycles.